The first-order chi connectivity index (χ1) is 18.6. The monoisotopic (exact) mass is 533 g/mol. The van der Waals surface area contributed by atoms with Crippen LogP contribution in [0, 0.1) is 24.6 Å². The maximum atomic E-state index is 14.4. The minimum absolute atomic E-state index is 0.0246. The number of benzene rings is 2. The molecule has 1 fully saturated rings. The average Bonchev–Trinajstić information content (AvgIpc) is 3.48. The van der Waals surface area contributed by atoms with E-state index in [-0.39, 0.29) is 31.7 Å². The third-order valence-electron chi connectivity index (χ3n) is 6.70. The average molecular weight is 534 g/mol. The van der Waals surface area contributed by atoms with Crippen LogP contribution in [0.4, 0.5) is 8.78 Å². The number of hydrogen-bond donors (Lipinski definition) is 2. The Morgan fingerprint density at radius 3 is 2.74 bits per heavy atom. The molecule has 0 spiro atoms. The van der Waals surface area contributed by atoms with Gasteiger partial charge in [0.1, 0.15) is 24.6 Å². The maximum Gasteiger partial charge on any atom is 0.269 e. The van der Waals surface area contributed by atoms with Crippen LogP contribution in [0.5, 0.6) is 0 Å². The number of hydrogen-bond acceptors (Lipinski definition) is 4. The number of nitrogens with two attached hydrogens (primary N) is 1. The van der Waals surface area contributed by atoms with E-state index >= 15 is 0 Å². The second kappa shape index (κ2) is 11.5. The Bertz CT molecular complexity index is 1550. The van der Waals surface area contributed by atoms with Gasteiger partial charge in [0, 0.05) is 29.5 Å². The Morgan fingerprint density at radius 1 is 1.26 bits per heavy atom. The molecule has 3 amide bonds. The molecule has 0 aliphatic carbocycles. The van der Waals surface area contributed by atoms with Crippen LogP contribution < -0.4 is 11.1 Å². The molecule has 0 bridgehead atoms. The molecule has 2 heterocycles. The lowest BCUT2D eigenvalue weighted by Crippen LogP contribution is -2.46. The van der Waals surface area contributed by atoms with E-state index in [9.17, 15) is 23.2 Å². The van der Waals surface area contributed by atoms with Crippen LogP contribution in [0.1, 0.15) is 47.4 Å². The lowest BCUT2D eigenvalue weighted by Gasteiger charge is -2.24. The summed E-state index contributed by atoms with van der Waals surface area (Å²) in [4.78, 5) is 39.4. The van der Waals surface area contributed by atoms with Gasteiger partial charge in [-0.3, -0.25) is 19.1 Å². The molecule has 2 aromatic carbocycles. The van der Waals surface area contributed by atoms with Gasteiger partial charge in [-0.05, 0) is 50.1 Å². The second-order valence-electron chi connectivity index (χ2n) is 9.48. The predicted molar refractivity (Wildman–Crippen MR) is 143 cm³/mol. The smallest absolute Gasteiger partial charge is 0.269 e. The Balaban J connectivity index is 1.54. The number of carbonyl (C=O) groups is 3. The number of likely N-dealkylation sites (tertiary alicyclic amines) is 1. The number of nitrogens with one attached hydrogen (secondary N) is 1. The number of halogens is 2. The third-order valence-corrected chi connectivity index (χ3v) is 6.70. The molecule has 1 aliphatic heterocycles. The van der Waals surface area contributed by atoms with E-state index in [4.69, 9.17) is 5.73 Å². The van der Waals surface area contributed by atoms with E-state index < -0.39 is 35.8 Å². The molecule has 1 aromatic heterocycles. The summed E-state index contributed by atoms with van der Waals surface area (Å²) in [5, 5.41) is 7.28. The first kappa shape index (κ1) is 27.5. The number of fused-ring (bicyclic) bond motifs is 1. The van der Waals surface area contributed by atoms with Gasteiger partial charge in [0.2, 0.25) is 11.8 Å². The highest BCUT2D eigenvalue weighted by Crippen LogP contribution is 2.24. The number of carbonyl (C=O) groups excluding carboxylic acids is 3. The van der Waals surface area contributed by atoms with Crippen molar-refractivity contribution < 1.29 is 23.2 Å². The molecule has 0 radical (unpaired) electrons. The van der Waals surface area contributed by atoms with E-state index in [0.717, 1.165) is 10.5 Å². The molecule has 1 saturated heterocycles. The van der Waals surface area contributed by atoms with Crippen LogP contribution in [-0.2, 0) is 22.7 Å². The molecule has 8 nitrogen and oxygen atoms in total. The lowest BCUT2D eigenvalue weighted by atomic mass is 10.1. The molecule has 3 aromatic rings. The molecular weight excluding hydrogens is 504 g/mol. The summed E-state index contributed by atoms with van der Waals surface area (Å²) in [5.41, 5.74) is 8.24. The van der Waals surface area contributed by atoms with Gasteiger partial charge < -0.3 is 16.0 Å². The minimum atomic E-state index is -1.39. The van der Waals surface area contributed by atoms with E-state index in [1.54, 1.807) is 43.3 Å². The standard InChI is InChI=1S/C29H29F2N5O3/c1-4-17(2)8-9-19-10-11-23-22(12-19)27(28(32)38)34-36(23)16-25(37)35-15-21(30)13-24(35)29(39)33-14-20-7-5-6-18(3)26(20)31/h4-7,10-12,21,24H,13-16H2,1-3H3,(H2,32,38)(H,33,39)/t21-,24+/m1/s1. The highest BCUT2D eigenvalue weighted by molar-refractivity contribution is 6.04. The number of allylic oxidation sites excluding steroid dienone is 2. The summed E-state index contributed by atoms with van der Waals surface area (Å²) in [5.74, 6) is 3.68. The normalized spacial score (nSPS) is 17.2. The highest BCUT2D eigenvalue weighted by atomic mass is 19.1. The van der Waals surface area contributed by atoms with Crippen molar-refractivity contribution >= 4 is 28.6 Å². The predicted octanol–water partition coefficient (Wildman–Crippen LogP) is 3.16. The third kappa shape index (κ3) is 5.98. The molecule has 39 heavy (non-hydrogen) atoms. The van der Waals surface area contributed by atoms with Crippen LogP contribution in [0.3, 0.4) is 0 Å². The SMILES string of the molecule is CC=C(C)C#Cc1ccc2c(c1)c(C(N)=O)nn2CC(=O)N1C[C@H](F)C[C@H]1C(=O)NCc1cccc(C)c1F. The lowest BCUT2D eigenvalue weighted by molar-refractivity contribution is -0.139. The van der Waals surface area contributed by atoms with E-state index in [0.29, 0.717) is 27.6 Å². The van der Waals surface area contributed by atoms with Gasteiger partial charge in [0.15, 0.2) is 5.69 Å². The van der Waals surface area contributed by atoms with E-state index in [2.05, 4.69) is 22.3 Å². The summed E-state index contributed by atoms with van der Waals surface area (Å²) in [7, 11) is 0. The number of rotatable bonds is 6. The zero-order valence-electron chi connectivity index (χ0n) is 21.9. The summed E-state index contributed by atoms with van der Waals surface area (Å²) in [6.45, 7) is 4.68. The number of aromatic nitrogens is 2. The molecule has 202 valence electrons. The highest BCUT2D eigenvalue weighted by Gasteiger charge is 2.40. The molecule has 0 unspecified atom stereocenters. The fourth-order valence-corrected chi connectivity index (χ4v) is 4.48. The molecule has 10 heteroatoms. The van der Waals surface area contributed by atoms with Crippen LogP contribution in [0.2, 0.25) is 0 Å². The largest absolute Gasteiger partial charge is 0.364 e. The van der Waals surface area contributed by atoms with Gasteiger partial charge in [0.05, 0.1) is 12.1 Å². The van der Waals surface area contributed by atoms with Crippen molar-refractivity contribution in [3.63, 3.8) is 0 Å². The van der Waals surface area contributed by atoms with Crippen LogP contribution in [-0.4, -0.2) is 51.2 Å². The second-order valence-corrected chi connectivity index (χ2v) is 9.48. The van der Waals surface area contributed by atoms with Gasteiger partial charge >= 0.3 is 0 Å². The number of aryl methyl sites for hydroxylation is 1. The Kier molecular flexibility index (Phi) is 8.10. The zero-order chi connectivity index (χ0) is 28.3. The van der Waals surface area contributed by atoms with Gasteiger partial charge in [-0.2, -0.15) is 5.10 Å². The molecule has 3 N–H and O–H groups in total. The number of primary amides is 1. The van der Waals surface area contributed by atoms with Gasteiger partial charge in [0.25, 0.3) is 5.91 Å². The first-order valence-electron chi connectivity index (χ1n) is 12.5. The summed E-state index contributed by atoms with van der Waals surface area (Å²) >= 11 is 0. The first-order valence-corrected chi connectivity index (χ1v) is 12.5. The fourth-order valence-electron chi connectivity index (χ4n) is 4.48. The zero-order valence-corrected chi connectivity index (χ0v) is 21.9. The van der Waals surface area contributed by atoms with E-state index in [1.165, 1.54) is 4.68 Å². The number of amides is 3. The van der Waals surface area contributed by atoms with Crippen molar-refractivity contribution in [2.75, 3.05) is 6.54 Å². The molecule has 1 aliphatic rings. The van der Waals surface area contributed by atoms with Crippen molar-refractivity contribution in [1.82, 2.24) is 20.0 Å². The van der Waals surface area contributed by atoms with Crippen molar-refractivity contribution in [3.05, 3.63) is 76.2 Å². The quantitative estimate of drug-likeness (QED) is 0.475. The number of nitrogens with zero attached hydrogens (tertiary/aromatic N) is 3. The topological polar surface area (TPSA) is 110 Å². The van der Waals surface area contributed by atoms with Gasteiger partial charge in [-0.15, -0.1) is 0 Å². The maximum absolute atomic E-state index is 14.4. The Hall–Kier alpha value is -4.52. The summed E-state index contributed by atoms with van der Waals surface area (Å²) in [6.07, 6.45) is 0.310. The molecule has 0 saturated carbocycles. The van der Waals surface area contributed by atoms with Crippen LogP contribution in [0.25, 0.3) is 10.9 Å². The minimum Gasteiger partial charge on any atom is -0.364 e. The Labute approximate surface area is 224 Å². The summed E-state index contributed by atoms with van der Waals surface area (Å²) in [6, 6.07) is 8.88. The van der Waals surface area contributed by atoms with Crippen LogP contribution in [0.15, 0.2) is 48.0 Å². The van der Waals surface area contributed by atoms with Crippen molar-refractivity contribution in [1.29, 1.82) is 0 Å². The molecular formula is C29H29F2N5O3. The Morgan fingerprint density at radius 2 is 2.03 bits per heavy atom. The van der Waals surface area contributed by atoms with Crippen molar-refractivity contribution in [2.45, 2.75) is 52.5 Å². The molecule has 4 rings (SSSR count). The molecule has 2 atom stereocenters. The van der Waals surface area contributed by atoms with Crippen LogP contribution >= 0.6 is 0 Å². The fraction of sp³-hybridized carbons (Fsp3) is 0.310. The van der Waals surface area contributed by atoms with Gasteiger partial charge in [-0.25, -0.2) is 8.78 Å². The van der Waals surface area contributed by atoms with Gasteiger partial charge in [-0.1, -0.05) is 36.1 Å². The van der Waals surface area contributed by atoms with Crippen molar-refractivity contribution in [3.8, 4) is 11.8 Å². The van der Waals surface area contributed by atoms with E-state index in [1.807, 2.05) is 19.9 Å². The number of alkyl halides is 1. The van der Waals surface area contributed by atoms with Crippen molar-refractivity contribution in [2.24, 2.45) is 5.73 Å². The summed E-state index contributed by atoms with van der Waals surface area (Å²) < 4.78 is 30.0.